The molecule has 2 aromatic rings. The van der Waals surface area contributed by atoms with Crippen molar-refractivity contribution in [2.75, 3.05) is 25.0 Å². The average molecular weight is 468 g/mol. The van der Waals surface area contributed by atoms with Gasteiger partial charge in [-0.3, -0.25) is 9.67 Å². The van der Waals surface area contributed by atoms with E-state index in [4.69, 9.17) is 0 Å². The van der Waals surface area contributed by atoms with E-state index in [0.29, 0.717) is 6.04 Å². The van der Waals surface area contributed by atoms with Crippen molar-refractivity contribution in [1.29, 1.82) is 0 Å². The summed E-state index contributed by atoms with van der Waals surface area (Å²) in [5.41, 5.74) is 4.79. The number of aromatic nitrogens is 2. The van der Waals surface area contributed by atoms with Crippen LogP contribution in [0.5, 0.6) is 0 Å². The van der Waals surface area contributed by atoms with Crippen LogP contribution in [0.25, 0.3) is 0 Å². The Kier molecular flexibility index (Phi) is 7.31. The van der Waals surface area contributed by atoms with Crippen molar-refractivity contribution in [3.63, 3.8) is 0 Å². The summed E-state index contributed by atoms with van der Waals surface area (Å²) in [7, 11) is 3.80. The molecular formula is C19H29IN6. The minimum absolute atomic E-state index is 0. The van der Waals surface area contributed by atoms with Gasteiger partial charge in [0.15, 0.2) is 5.96 Å². The lowest BCUT2D eigenvalue weighted by molar-refractivity contribution is 0.648. The number of aryl methyl sites for hydroxylation is 2. The molecule has 26 heavy (non-hydrogen) atoms. The van der Waals surface area contributed by atoms with Gasteiger partial charge in [-0.25, -0.2) is 0 Å². The molecule has 0 saturated carbocycles. The van der Waals surface area contributed by atoms with E-state index < -0.39 is 0 Å². The van der Waals surface area contributed by atoms with Gasteiger partial charge in [0, 0.05) is 56.7 Å². The highest BCUT2D eigenvalue weighted by atomic mass is 127. The fourth-order valence-electron chi connectivity index (χ4n) is 3.38. The Bertz CT molecular complexity index is 740. The molecule has 0 radical (unpaired) electrons. The minimum atomic E-state index is 0. The maximum atomic E-state index is 4.47. The fraction of sp³-hybridized carbons (Fsp3) is 0.474. The monoisotopic (exact) mass is 468 g/mol. The molecule has 142 valence electrons. The van der Waals surface area contributed by atoms with E-state index in [9.17, 15) is 0 Å². The SMILES string of the molecule is CN=C(NCc1c(C)nn(C)c1C)NC1CCN(c2ccccc2)C1.I. The number of nitrogens with zero attached hydrogens (tertiary/aromatic N) is 4. The molecular weight excluding hydrogens is 439 g/mol. The highest BCUT2D eigenvalue weighted by Gasteiger charge is 2.23. The molecule has 1 aromatic carbocycles. The van der Waals surface area contributed by atoms with E-state index in [0.717, 1.165) is 37.7 Å². The Balaban J connectivity index is 0.00000243. The van der Waals surface area contributed by atoms with Crippen LogP contribution in [-0.4, -0.2) is 41.9 Å². The third-order valence-corrected chi connectivity index (χ3v) is 4.97. The first-order valence-corrected chi connectivity index (χ1v) is 8.84. The number of guanidine groups is 1. The van der Waals surface area contributed by atoms with Crippen LogP contribution < -0.4 is 15.5 Å². The van der Waals surface area contributed by atoms with Gasteiger partial charge in [-0.2, -0.15) is 5.10 Å². The highest BCUT2D eigenvalue weighted by molar-refractivity contribution is 14.0. The Hall–Kier alpha value is -1.77. The first-order valence-electron chi connectivity index (χ1n) is 8.84. The lowest BCUT2D eigenvalue weighted by Gasteiger charge is -2.20. The van der Waals surface area contributed by atoms with Gasteiger partial charge >= 0.3 is 0 Å². The second-order valence-corrected chi connectivity index (χ2v) is 6.61. The molecule has 1 saturated heterocycles. The third kappa shape index (κ3) is 4.69. The van der Waals surface area contributed by atoms with E-state index in [1.54, 1.807) is 0 Å². The molecule has 1 atom stereocenters. The van der Waals surface area contributed by atoms with Crippen molar-refractivity contribution in [2.24, 2.45) is 12.0 Å². The summed E-state index contributed by atoms with van der Waals surface area (Å²) in [5, 5.41) is 11.5. The number of nitrogens with one attached hydrogen (secondary N) is 2. The molecule has 2 heterocycles. The van der Waals surface area contributed by atoms with E-state index >= 15 is 0 Å². The van der Waals surface area contributed by atoms with Gasteiger partial charge in [-0.05, 0) is 32.4 Å². The Labute approximate surface area is 173 Å². The predicted molar refractivity (Wildman–Crippen MR) is 118 cm³/mol. The summed E-state index contributed by atoms with van der Waals surface area (Å²) < 4.78 is 1.93. The zero-order valence-electron chi connectivity index (χ0n) is 16.0. The lowest BCUT2D eigenvalue weighted by Crippen LogP contribution is -2.44. The first-order chi connectivity index (χ1) is 12.1. The van der Waals surface area contributed by atoms with Gasteiger partial charge in [-0.15, -0.1) is 24.0 Å². The normalized spacial score (nSPS) is 17.2. The summed E-state index contributed by atoms with van der Waals surface area (Å²) in [6, 6.07) is 11.0. The molecule has 1 fully saturated rings. The van der Waals surface area contributed by atoms with Crippen molar-refractivity contribution >= 4 is 35.6 Å². The molecule has 7 heteroatoms. The van der Waals surface area contributed by atoms with Crippen molar-refractivity contribution < 1.29 is 0 Å². The lowest BCUT2D eigenvalue weighted by atomic mass is 10.2. The number of rotatable bonds is 4. The fourth-order valence-corrected chi connectivity index (χ4v) is 3.38. The molecule has 1 unspecified atom stereocenters. The Morgan fingerprint density at radius 3 is 2.62 bits per heavy atom. The quantitative estimate of drug-likeness (QED) is 0.412. The number of halogens is 1. The van der Waals surface area contributed by atoms with Crippen LogP contribution in [0.3, 0.4) is 0 Å². The summed E-state index contributed by atoms with van der Waals surface area (Å²) in [6.07, 6.45) is 1.11. The number of anilines is 1. The van der Waals surface area contributed by atoms with Crippen LogP contribution >= 0.6 is 24.0 Å². The number of hydrogen-bond acceptors (Lipinski definition) is 3. The summed E-state index contributed by atoms with van der Waals surface area (Å²) in [6.45, 7) is 6.95. The van der Waals surface area contributed by atoms with Crippen molar-refractivity contribution in [3.8, 4) is 0 Å². The maximum absolute atomic E-state index is 4.47. The first kappa shape index (κ1) is 20.5. The summed E-state index contributed by atoms with van der Waals surface area (Å²) in [5.74, 6) is 0.850. The van der Waals surface area contributed by atoms with Crippen LogP contribution in [0.4, 0.5) is 5.69 Å². The second kappa shape index (κ2) is 9.25. The highest BCUT2D eigenvalue weighted by Crippen LogP contribution is 2.19. The van der Waals surface area contributed by atoms with Crippen LogP contribution in [-0.2, 0) is 13.6 Å². The smallest absolute Gasteiger partial charge is 0.191 e. The molecule has 0 spiro atoms. The standard InChI is InChI=1S/C19H28N6.HI/c1-14-18(15(2)24(4)23-14)12-21-19(20-3)22-16-10-11-25(13-16)17-8-6-5-7-9-17;/h5-9,16H,10-13H2,1-4H3,(H2,20,21,22);1H. The van der Waals surface area contributed by atoms with Crippen molar-refractivity contribution in [1.82, 2.24) is 20.4 Å². The van der Waals surface area contributed by atoms with Gasteiger partial charge < -0.3 is 15.5 Å². The number of benzene rings is 1. The van der Waals surface area contributed by atoms with Gasteiger partial charge in [0.2, 0.25) is 0 Å². The van der Waals surface area contributed by atoms with E-state index in [1.807, 2.05) is 18.8 Å². The minimum Gasteiger partial charge on any atom is -0.369 e. The van der Waals surface area contributed by atoms with Gasteiger partial charge in [-0.1, -0.05) is 18.2 Å². The average Bonchev–Trinajstić information content (AvgIpc) is 3.18. The van der Waals surface area contributed by atoms with Crippen LogP contribution in [0, 0.1) is 13.8 Å². The molecule has 0 bridgehead atoms. The number of hydrogen-bond donors (Lipinski definition) is 2. The Morgan fingerprint density at radius 2 is 2.00 bits per heavy atom. The van der Waals surface area contributed by atoms with E-state index in [1.165, 1.54) is 16.9 Å². The molecule has 0 amide bonds. The number of para-hydroxylation sites is 1. The molecule has 1 aromatic heterocycles. The van der Waals surface area contributed by atoms with E-state index in [2.05, 4.69) is 69.8 Å². The van der Waals surface area contributed by atoms with Gasteiger partial charge in [0.05, 0.1) is 5.69 Å². The molecule has 1 aliphatic rings. The Morgan fingerprint density at radius 1 is 1.27 bits per heavy atom. The van der Waals surface area contributed by atoms with Crippen molar-refractivity contribution in [3.05, 3.63) is 47.3 Å². The van der Waals surface area contributed by atoms with Crippen LogP contribution in [0.15, 0.2) is 35.3 Å². The van der Waals surface area contributed by atoms with Crippen LogP contribution in [0.1, 0.15) is 23.4 Å². The van der Waals surface area contributed by atoms with Gasteiger partial charge in [0.1, 0.15) is 0 Å². The molecule has 2 N–H and O–H groups in total. The molecule has 1 aliphatic heterocycles. The number of aliphatic imine (C=N–C) groups is 1. The second-order valence-electron chi connectivity index (χ2n) is 6.61. The summed E-state index contributed by atoms with van der Waals surface area (Å²) in [4.78, 5) is 6.80. The molecule has 6 nitrogen and oxygen atoms in total. The molecule has 3 rings (SSSR count). The van der Waals surface area contributed by atoms with Crippen molar-refractivity contribution in [2.45, 2.75) is 32.9 Å². The van der Waals surface area contributed by atoms with Crippen LogP contribution in [0.2, 0.25) is 0 Å². The maximum Gasteiger partial charge on any atom is 0.191 e. The van der Waals surface area contributed by atoms with Gasteiger partial charge in [0.25, 0.3) is 0 Å². The molecule has 0 aliphatic carbocycles. The predicted octanol–water partition coefficient (Wildman–Crippen LogP) is 2.60. The summed E-state index contributed by atoms with van der Waals surface area (Å²) >= 11 is 0. The van der Waals surface area contributed by atoms with E-state index in [-0.39, 0.29) is 24.0 Å². The topological polar surface area (TPSA) is 57.5 Å². The zero-order chi connectivity index (χ0) is 17.8. The third-order valence-electron chi connectivity index (χ3n) is 4.97. The zero-order valence-corrected chi connectivity index (χ0v) is 18.3. The largest absolute Gasteiger partial charge is 0.369 e.